The zero-order valence-electron chi connectivity index (χ0n) is 20.5. The lowest BCUT2D eigenvalue weighted by molar-refractivity contribution is -0.207. The van der Waals surface area contributed by atoms with Crippen molar-refractivity contribution < 1.29 is 33.1 Å². The summed E-state index contributed by atoms with van der Waals surface area (Å²) in [5.74, 6) is -1.48. The first-order chi connectivity index (χ1) is 14.7. The lowest BCUT2D eigenvalue weighted by Gasteiger charge is -2.23. The molecule has 0 bridgehead atoms. The van der Waals surface area contributed by atoms with Crippen molar-refractivity contribution >= 4 is 19.5 Å². The summed E-state index contributed by atoms with van der Waals surface area (Å²) in [6.45, 7) is 12.5. The predicted octanol–water partition coefficient (Wildman–Crippen LogP) is 4.57. The van der Waals surface area contributed by atoms with Crippen molar-refractivity contribution in [3.05, 3.63) is 34.9 Å². The van der Waals surface area contributed by atoms with E-state index >= 15 is 0 Å². The zero-order valence-corrected chi connectivity index (χ0v) is 21.4. The Hall–Kier alpha value is -1.73. The summed E-state index contributed by atoms with van der Waals surface area (Å²) in [6.07, 6.45) is 9.26. The number of rotatable bonds is 14. The standard InChI is InChI=1S/C23H40NO7P/c1-18(2)10-8-11-19(3)12-9-13-20(4)14-15-30-24-21(25)16-32(27,28)31-17-29-22(26)23(5,6)7/h10,12,14H,8-9,11,13,15-17H2,1-7H3,(H,24,25)(H,27,28)/p-1/b19-12+,20-14+. The first kappa shape index (κ1) is 30.3. The summed E-state index contributed by atoms with van der Waals surface area (Å²) in [7, 11) is -4.51. The van der Waals surface area contributed by atoms with Gasteiger partial charge in [0, 0.05) is 0 Å². The van der Waals surface area contributed by atoms with Crippen LogP contribution in [0.25, 0.3) is 0 Å². The van der Waals surface area contributed by atoms with E-state index in [9.17, 15) is 19.0 Å². The van der Waals surface area contributed by atoms with Crippen LogP contribution < -0.4 is 10.4 Å². The molecule has 0 aromatic heterocycles. The van der Waals surface area contributed by atoms with Crippen molar-refractivity contribution in [2.45, 2.75) is 74.1 Å². The van der Waals surface area contributed by atoms with Gasteiger partial charge in [-0.05, 0) is 74.1 Å². The molecule has 9 heteroatoms. The van der Waals surface area contributed by atoms with Crippen LogP contribution >= 0.6 is 7.60 Å². The molecule has 1 atom stereocenters. The van der Waals surface area contributed by atoms with Gasteiger partial charge in [-0.2, -0.15) is 0 Å². The topological polar surface area (TPSA) is 114 Å². The molecule has 8 nitrogen and oxygen atoms in total. The Kier molecular flexibility index (Phi) is 14.3. The third kappa shape index (κ3) is 16.9. The largest absolute Gasteiger partial charge is 0.778 e. The highest BCUT2D eigenvalue weighted by atomic mass is 31.2. The molecule has 0 aliphatic carbocycles. The number of ether oxygens (including phenoxy) is 1. The van der Waals surface area contributed by atoms with E-state index in [1.807, 2.05) is 13.0 Å². The van der Waals surface area contributed by atoms with Crippen molar-refractivity contribution in [3.63, 3.8) is 0 Å². The van der Waals surface area contributed by atoms with Gasteiger partial charge in [0.1, 0.15) is 7.60 Å². The second-order valence-corrected chi connectivity index (χ2v) is 10.8. The lowest BCUT2D eigenvalue weighted by Crippen LogP contribution is -2.30. The maximum Gasteiger partial charge on any atom is 0.313 e. The average Bonchev–Trinajstić information content (AvgIpc) is 2.63. The Morgan fingerprint density at radius 1 is 0.969 bits per heavy atom. The number of amides is 1. The molecule has 1 N–H and O–H groups in total. The highest BCUT2D eigenvalue weighted by Crippen LogP contribution is 2.36. The molecule has 1 amide bonds. The molecule has 0 fully saturated rings. The summed E-state index contributed by atoms with van der Waals surface area (Å²) in [5.41, 5.74) is 5.07. The quantitative estimate of drug-likeness (QED) is 0.0983. The van der Waals surface area contributed by atoms with Crippen molar-refractivity contribution in [1.82, 2.24) is 5.48 Å². The second-order valence-electron chi connectivity index (χ2n) is 8.99. The molecule has 0 aromatic rings. The van der Waals surface area contributed by atoms with Crippen LogP contribution in [0.15, 0.2) is 34.9 Å². The number of hydrogen-bond donors (Lipinski definition) is 1. The number of hydrogen-bond acceptors (Lipinski definition) is 7. The van der Waals surface area contributed by atoms with Gasteiger partial charge in [-0.15, -0.1) is 0 Å². The molecule has 0 radical (unpaired) electrons. The van der Waals surface area contributed by atoms with E-state index in [0.717, 1.165) is 31.3 Å². The van der Waals surface area contributed by atoms with E-state index in [0.29, 0.717) is 0 Å². The number of nitrogens with one attached hydrogen (secondary N) is 1. The second kappa shape index (κ2) is 15.2. The van der Waals surface area contributed by atoms with E-state index < -0.39 is 37.8 Å². The fraction of sp³-hybridized carbons (Fsp3) is 0.652. The lowest BCUT2D eigenvalue weighted by atomic mass is 9.98. The van der Waals surface area contributed by atoms with Gasteiger partial charge in [0.05, 0.1) is 18.2 Å². The van der Waals surface area contributed by atoms with Gasteiger partial charge < -0.3 is 18.7 Å². The number of carbonyl (C=O) groups excluding carboxylic acids is 2. The molecule has 0 saturated heterocycles. The summed E-state index contributed by atoms with van der Waals surface area (Å²) >= 11 is 0. The van der Waals surface area contributed by atoms with Crippen LogP contribution in [0, 0.1) is 5.41 Å². The highest BCUT2D eigenvalue weighted by molar-refractivity contribution is 7.52. The van der Waals surface area contributed by atoms with E-state index in [2.05, 4.69) is 42.9 Å². The highest BCUT2D eigenvalue weighted by Gasteiger charge is 2.24. The van der Waals surface area contributed by atoms with Crippen LogP contribution in [0.4, 0.5) is 0 Å². The maximum absolute atomic E-state index is 11.8. The minimum atomic E-state index is -4.51. The van der Waals surface area contributed by atoms with Crippen LogP contribution in [0.3, 0.4) is 0 Å². The minimum absolute atomic E-state index is 0.119. The minimum Gasteiger partial charge on any atom is -0.778 e. The summed E-state index contributed by atoms with van der Waals surface area (Å²) < 4.78 is 21.0. The number of esters is 1. The normalized spacial score (nSPS) is 14.5. The van der Waals surface area contributed by atoms with Crippen molar-refractivity contribution in [1.29, 1.82) is 0 Å². The molecule has 0 aliphatic rings. The van der Waals surface area contributed by atoms with Crippen molar-refractivity contribution in [2.75, 3.05) is 19.6 Å². The molecule has 0 heterocycles. The average molecular weight is 473 g/mol. The third-order valence-corrected chi connectivity index (χ3v) is 5.39. The van der Waals surface area contributed by atoms with Crippen LogP contribution in [0.5, 0.6) is 0 Å². The van der Waals surface area contributed by atoms with Crippen LogP contribution in [0.1, 0.15) is 74.1 Å². The Balaban J connectivity index is 4.13. The molecule has 0 aliphatic heterocycles. The fourth-order valence-corrected chi connectivity index (χ4v) is 3.00. The number of carbonyl (C=O) groups is 2. The molecule has 0 rings (SSSR count). The van der Waals surface area contributed by atoms with E-state index in [1.165, 1.54) is 11.1 Å². The van der Waals surface area contributed by atoms with Gasteiger partial charge in [-0.1, -0.05) is 34.9 Å². The SMILES string of the molecule is CC(C)=CCC/C(C)=C/CC/C(C)=C/CONC(=O)CP(=O)([O-])OCOC(=O)C(C)(C)C. The van der Waals surface area contributed by atoms with E-state index in [1.54, 1.807) is 20.8 Å². The Morgan fingerprint density at radius 2 is 1.53 bits per heavy atom. The Bertz CT molecular complexity index is 744. The third-order valence-electron chi connectivity index (χ3n) is 4.21. The van der Waals surface area contributed by atoms with Crippen LogP contribution in [-0.4, -0.2) is 31.4 Å². The number of allylic oxidation sites excluding steroid dienone is 5. The molecule has 0 spiro atoms. The van der Waals surface area contributed by atoms with E-state index in [-0.39, 0.29) is 6.61 Å². The van der Waals surface area contributed by atoms with Crippen molar-refractivity contribution in [3.8, 4) is 0 Å². The molecular weight excluding hydrogens is 433 g/mol. The molecular formula is C23H39NO7P-. The first-order valence-corrected chi connectivity index (χ1v) is 12.4. The van der Waals surface area contributed by atoms with Crippen LogP contribution in [0.2, 0.25) is 0 Å². The Labute approximate surface area is 192 Å². The van der Waals surface area contributed by atoms with Gasteiger partial charge in [0.15, 0.2) is 6.79 Å². The van der Waals surface area contributed by atoms with Gasteiger partial charge >= 0.3 is 5.97 Å². The first-order valence-electron chi connectivity index (χ1n) is 10.7. The van der Waals surface area contributed by atoms with Gasteiger partial charge in [0.2, 0.25) is 0 Å². The zero-order chi connectivity index (χ0) is 24.8. The molecule has 0 saturated carbocycles. The molecule has 1 unspecified atom stereocenters. The van der Waals surface area contributed by atoms with Gasteiger partial charge in [-0.25, -0.2) is 5.48 Å². The van der Waals surface area contributed by atoms with Crippen molar-refractivity contribution in [2.24, 2.45) is 5.41 Å². The van der Waals surface area contributed by atoms with Gasteiger partial charge in [0.25, 0.3) is 5.91 Å². The monoisotopic (exact) mass is 472 g/mol. The fourth-order valence-electron chi connectivity index (χ4n) is 2.28. The smallest absolute Gasteiger partial charge is 0.313 e. The summed E-state index contributed by atoms with van der Waals surface area (Å²) in [5, 5.41) is 0. The Morgan fingerprint density at radius 3 is 2.09 bits per heavy atom. The van der Waals surface area contributed by atoms with Gasteiger partial charge in [-0.3, -0.25) is 14.4 Å². The maximum atomic E-state index is 11.8. The molecule has 0 aromatic carbocycles. The van der Waals surface area contributed by atoms with E-state index in [4.69, 9.17) is 9.57 Å². The summed E-state index contributed by atoms with van der Waals surface area (Å²) in [6, 6.07) is 0. The predicted molar refractivity (Wildman–Crippen MR) is 123 cm³/mol. The molecule has 32 heavy (non-hydrogen) atoms. The number of hydroxylamine groups is 1. The van der Waals surface area contributed by atoms with Crippen LogP contribution in [-0.2, 0) is 28.3 Å². The molecule has 184 valence electrons. The summed E-state index contributed by atoms with van der Waals surface area (Å²) in [4.78, 5) is 40.0.